The van der Waals surface area contributed by atoms with E-state index in [-0.39, 0.29) is 12.4 Å². The van der Waals surface area contributed by atoms with Crippen molar-refractivity contribution in [1.29, 1.82) is 0 Å². The van der Waals surface area contributed by atoms with Crippen molar-refractivity contribution in [2.75, 3.05) is 7.11 Å². The molecule has 0 aliphatic heterocycles. The Hall–Kier alpha value is -2.01. The van der Waals surface area contributed by atoms with Crippen LogP contribution < -0.4 is 4.74 Å². The summed E-state index contributed by atoms with van der Waals surface area (Å²) in [6, 6.07) is 6.83. The van der Waals surface area contributed by atoms with Gasteiger partial charge in [-0.05, 0) is 19.1 Å². The minimum absolute atomic E-state index is 0.109. The fourth-order valence-corrected chi connectivity index (χ4v) is 1.74. The predicted molar refractivity (Wildman–Crippen MR) is 62.4 cm³/mol. The summed E-state index contributed by atoms with van der Waals surface area (Å²) in [6.07, 6.45) is 0. The van der Waals surface area contributed by atoms with Crippen LogP contribution in [0.3, 0.4) is 0 Å². The third-order valence-corrected chi connectivity index (χ3v) is 2.60. The second-order valence-corrected chi connectivity index (χ2v) is 3.63. The van der Waals surface area contributed by atoms with Gasteiger partial charge >= 0.3 is 0 Å². The summed E-state index contributed by atoms with van der Waals surface area (Å²) in [4.78, 5) is 0. The number of rotatable bonds is 3. The average Bonchev–Trinajstić information content (AvgIpc) is 2.65. The number of aromatic hydroxyl groups is 1. The molecule has 1 aromatic heterocycles. The first kappa shape index (κ1) is 11.5. The third-order valence-electron chi connectivity index (χ3n) is 2.60. The molecule has 0 radical (unpaired) electrons. The number of ether oxygens (including phenoxy) is 1. The SMILES string of the molecule is COc1c(CO)c(C)nn1-c1ccccc1O. The molecule has 90 valence electrons. The van der Waals surface area contributed by atoms with Gasteiger partial charge in [0.1, 0.15) is 11.4 Å². The summed E-state index contributed by atoms with van der Waals surface area (Å²) >= 11 is 0. The number of methoxy groups -OCH3 is 1. The number of aliphatic hydroxyl groups excluding tert-OH is 1. The summed E-state index contributed by atoms with van der Waals surface area (Å²) in [7, 11) is 1.51. The first-order chi connectivity index (χ1) is 8.19. The lowest BCUT2D eigenvalue weighted by Crippen LogP contribution is -2.01. The third kappa shape index (κ3) is 1.85. The van der Waals surface area contributed by atoms with Gasteiger partial charge in [-0.15, -0.1) is 0 Å². The summed E-state index contributed by atoms with van der Waals surface area (Å²) in [5.74, 6) is 0.546. The van der Waals surface area contributed by atoms with E-state index >= 15 is 0 Å². The molecule has 5 nitrogen and oxygen atoms in total. The molecular weight excluding hydrogens is 220 g/mol. The molecule has 0 spiro atoms. The number of benzene rings is 1. The molecule has 5 heteroatoms. The van der Waals surface area contributed by atoms with Gasteiger partial charge in [0.15, 0.2) is 0 Å². The number of hydrogen-bond acceptors (Lipinski definition) is 4. The Morgan fingerprint density at radius 1 is 1.35 bits per heavy atom. The van der Waals surface area contributed by atoms with Crippen molar-refractivity contribution in [1.82, 2.24) is 9.78 Å². The Kier molecular flexibility index (Phi) is 3.01. The van der Waals surface area contributed by atoms with E-state index in [4.69, 9.17) is 4.74 Å². The molecule has 0 aliphatic carbocycles. The van der Waals surface area contributed by atoms with Crippen molar-refractivity contribution in [2.24, 2.45) is 0 Å². The van der Waals surface area contributed by atoms with Crippen LogP contribution in [0.1, 0.15) is 11.3 Å². The standard InChI is InChI=1S/C12H14N2O3/c1-8-9(7-15)12(17-2)14(13-8)10-5-3-4-6-11(10)16/h3-6,15-16H,7H2,1-2H3. The van der Waals surface area contributed by atoms with Crippen molar-refractivity contribution in [2.45, 2.75) is 13.5 Å². The van der Waals surface area contributed by atoms with Gasteiger partial charge in [-0.3, -0.25) is 0 Å². The van der Waals surface area contributed by atoms with Crippen molar-refractivity contribution >= 4 is 0 Å². The van der Waals surface area contributed by atoms with Gasteiger partial charge in [0.05, 0.1) is 25.0 Å². The lowest BCUT2D eigenvalue weighted by molar-refractivity contribution is 0.271. The summed E-state index contributed by atoms with van der Waals surface area (Å²) in [5, 5.41) is 23.3. The second-order valence-electron chi connectivity index (χ2n) is 3.63. The normalized spacial score (nSPS) is 10.5. The summed E-state index contributed by atoms with van der Waals surface area (Å²) < 4.78 is 6.71. The Morgan fingerprint density at radius 3 is 2.65 bits per heavy atom. The van der Waals surface area contributed by atoms with Gasteiger partial charge < -0.3 is 14.9 Å². The lowest BCUT2D eigenvalue weighted by atomic mass is 10.2. The number of nitrogens with zero attached hydrogens (tertiary/aromatic N) is 2. The Labute approximate surface area is 98.9 Å². The van der Waals surface area contributed by atoms with Crippen LogP contribution in [-0.2, 0) is 6.61 Å². The highest BCUT2D eigenvalue weighted by Gasteiger charge is 2.17. The minimum Gasteiger partial charge on any atom is -0.506 e. The fraction of sp³-hybridized carbons (Fsp3) is 0.250. The molecule has 0 unspecified atom stereocenters. The number of aliphatic hydroxyl groups is 1. The molecule has 0 bridgehead atoms. The number of para-hydroxylation sites is 2. The average molecular weight is 234 g/mol. The molecule has 0 saturated heterocycles. The number of phenols is 1. The number of aromatic nitrogens is 2. The van der Waals surface area contributed by atoms with E-state index in [0.717, 1.165) is 0 Å². The molecule has 0 saturated carbocycles. The minimum atomic E-state index is -0.150. The van der Waals surface area contributed by atoms with Crippen LogP contribution >= 0.6 is 0 Å². The quantitative estimate of drug-likeness (QED) is 0.842. The van der Waals surface area contributed by atoms with Crippen LogP contribution in [0, 0.1) is 6.92 Å². The van der Waals surface area contributed by atoms with Crippen molar-refractivity contribution in [3.8, 4) is 17.3 Å². The molecule has 0 atom stereocenters. The summed E-state index contributed by atoms with van der Waals surface area (Å²) in [5.41, 5.74) is 1.82. The summed E-state index contributed by atoms with van der Waals surface area (Å²) in [6.45, 7) is 1.63. The van der Waals surface area contributed by atoms with Gasteiger partial charge in [-0.2, -0.15) is 9.78 Å². The van der Waals surface area contributed by atoms with Crippen LogP contribution in [0.15, 0.2) is 24.3 Å². The van der Waals surface area contributed by atoms with E-state index in [2.05, 4.69) is 5.10 Å². The maximum atomic E-state index is 9.78. The Bertz CT molecular complexity index is 535. The van der Waals surface area contributed by atoms with E-state index < -0.39 is 0 Å². The molecule has 2 aromatic rings. The number of phenolic OH excluding ortho intramolecular Hbond substituents is 1. The van der Waals surface area contributed by atoms with Crippen LogP contribution in [-0.4, -0.2) is 27.1 Å². The largest absolute Gasteiger partial charge is 0.506 e. The zero-order valence-electron chi connectivity index (χ0n) is 9.71. The van der Waals surface area contributed by atoms with Crippen molar-refractivity contribution in [3.05, 3.63) is 35.5 Å². The van der Waals surface area contributed by atoms with E-state index in [9.17, 15) is 10.2 Å². The molecule has 0 amide bonds. The smallest absolute Gasteiger partial charge is 0.222 e. The van der Waals surface area contributed by atoms with E-state index in [0.29, 0.717) is 22.8 Å². The molecular formula is C12H14N2O3. The van der Waals surface area contributed by atoms with Crippen LogP contribution in [0.5, 0.6) is 11.6 Å². The molecule has 17 heavy (non-hydrogen) atoms. The monoisotopic (exact) mass is 234 g/mol. The molecule has 1 heterocycles. The predicted octanol–water partition coefficient (Wildman–Crippen LogP) is 1.39. The topological polar surface area (TPSA) is 67.5 Å². The highest BCUT2D eigenvalue weighted by Crippen LogP contribution is 2.29. The molecule has 2 rings (SSSR count). The van der Waals surface area contributed by atoms with Crippen LogP contribution in [0.2, 0.25) is 0 Å². The first-order valence-electron chi connectivity index (χ1n) is 5.20. The lowest BCUT2D eigenvalue weighted by Gasteiger charge is -2.08. The zero-order valence-corrected chi connectivity index (χ0v) is 9.71. The zero-order chi connectivity index (χ0) is 12.4. The van der Waals surface area contributed by atoms with E-state index in [1.54, 1.807) is 31.2 Å². The van der Waals surface area contributed by atoms with Gasteiger partial charge in [-0.25, -0.2) is 0 Å². The Morgan fingerprint density at radius 2 is 2.06 bits per heavy atom. The van der Waals surface area contributed by atoms with Crippen LogP contribution in [0.4, 0.5) is 0 Å². The molecule has 0 fully saturated rings. The second kappa shape index (κ2) is 4.47. The number of hydrogen-bond donors (Lipinski definition) is 2. The highest BCUT2D eigenvalue weighted by atomic mass is 16.5. The number of aryl methyl sites for hydroxylation is 1. The molecule has 1 aromatic carbocycles. The molecule has 0 aliphatic rings. The fourth-order valence-electron chi connectivity index (χ4n) is 1.74. The van der Waals surface area contributed by atoms with E-state index in [1.807, 2.05) is 0 Å². The van der Waals surface area contributed by atoms with Crippen molar-refractivity contribution < 1.29 is 14.9 Å². The maximum Gasteiger partial charge on any atom is 0.222 e. The van der Waals surface area contributed by atoms with Crippen molar-refractivity contribution in [3.63, 3.8) is 0 Å². The van der Waals surface area contributed by atoms with Gasteiger partial charge in [0.25, 0.3) is 0 Å². The van der Waals surface area contributed by atoms with Gasteiger partial charge in [0, 0.05) is 0 Å². The first-order valence-corrected chi connectivity index (χ1v) is 5.20. The van der Waals surface area contributed by atoms with E-state index in [1.165, 1.54) is 11.8 Å². The Balaban J connectivity index is 2.64. The maximum absolute atomic E-state index is 9.78. The van der Waals surface area contributed by atoms with Crippen LogP contribution in [0.25, 0.3) is 5.69 Å². The van der Waals surface area contributed by atoms with Gasteiger partial charge in [-0.1, -0.05) is 12.1 Å². The molecule has 2 N–H and O–H groups in total. The highest BCUT2D eigenvalue weighted by molar-refractivity contribution is 5.49. The van der Waals surface area contributed by atoms with Gasteiger partial charge in [0.2, 0.25) is 5.88 Å².